The molecule has 0 aliphatic rings. The minimum Gasteiger partial charge on any atom is -0.489 e. The lowest BCUT2D eigenvalue weighted by Crippen LogP contribution is -2.20. The molecule has 0 unspecified atom stereocenters. The summed E-state index contributed by atoms with van der Waals surface area (Å²) < 4.78 is 49.4. The summed E-state index contributed by atoms with van der Waals surface area (Å²) in [5, 5.41) is 11.0. The Kier molecular flexibility index (Phi) is 4.89. The minimum atomic E-state index is -5.12. The number of esters is 1. The zero-order valence-corrected chi connectivity index (χ0v) is 10.8. The van der Waals surface area contributed by atoms with E-state index in [2.05, 4.69) is 19.2 Å². The molecule has 0 saturated carbocycles. The zero-order valence-electron chi connectivity index (χ0n) is 10.8. The summed E-state index contributed by atoms with van der Waals surface area (Å²) in [5.41, 5.74) is -1.54. The van der Waals surface area contributed by atoms with Crippen LogP contribution in [0.25, 0.3) is 0 Å². The van der Waals surface area contributed by atoms with Crippen molar-refractivity contribution in [2.75, 3.05) is 14.2 Å². The van der Waals surface area contributed by atoms with E-state index in [-0.39, 0.29) is 0 Å². The third kappa shape index (κ3) is 4.19. The molecule has 1 aromatic heterocycles. The topological polar surface area (TPSA) is 101 Å². The van der Waals surface area contributed by atoms with Crippen LogP contribution in [0.2, 0.25) is 0 Å². The highest BCUT2D eigenvalue weighted by Gasteiger charge is 2.36. The van der Waals surface area contributed by atoms with E-state index in [1.165, 1.54) is 0 Å². The molecule has 1 rings (SSSR count). The lowest BCUT2D eigenvalue weighted by molar-refractivity contribution is -0.386. The molecule has 0 fully saturated rings. The smallest absolute Gasteiger partial charge is 0.489 e. The van der Waals surface area contributed by atoms with Crippen molar-refractivity contribution in [2.24, 2.45) is 0 Å². The molecule has 21 heavy (non-hydrogen) atoms. The van der Waals surface area contributed by atoms with Crippen molar-refractivity contribution in [1.82, 2.24) is 4.98 Å². The predicted octanol–water partition coefficient (Wildman–Crippen LogP) is 1.61. The molecule has 0 radical (unpaired) electrons. The van der Waals surface area contributed by atoms with E-state index < -0.39 is 46.6 Å². The molecule has 11 heteroatoms. The highest BCUT2D eigenvalue weighted by atomic mass is 19.4. The standard InChI is InChI=1S/C10H9F3N2O6/c1-19-6-4-14-9(21-10(11,12)13)5(3-7(16)20-2)8(6)15(17)18/h4H,3H2,1-2H3. The Hall–Kier alpha value is -2.59. The van der Waals surface area contributed by atoms with E-state index in [4.69, 9.17) is 0 Å². The second kappa shape index (κ2) is 6.24. The predicted molar refractivity (Wildman–Crippen MR) is 59.8 cm³/mol. The molecule has 0 aliphatic heterocycles. The third-order valence-corrected chi connectivity index (χ3v) is 2.24. The lowest BCUT2D eigenvalue weighted by atomic mass is 10.1. The van der Waals surface area contributed by atoms with Crippen LogP contribution in [0.1, 0.15) is 5.56 Å². The number of nitrogens with zero attached hydrogens (tertiary/aromatic N) is 2. The Bertz CT molecular complexity index is 560. The van der Waals surface area contributed by atoms with Gasteiger partial charge in [0, 0.05) is 0 Å². The number of hydrogen-bond donors (Lipinski definition) is 0. The lowest BCUT2D eigenvalue weighted by Gasteiger charge is -2.13. The van der Waals surface area contributed by atoms with E-state index in [1.54, 1.807) is 0 Å². The van der Waals surface area contributed by atoms with Crippen molar-refractivity contribution in [3.63, 3.8) is 0 Å². The molecular weight excluding hydrogens is 301 g/mol. The number of rotatable bonds is 5. The van der Waals surface area contributed by atoms with Crippen molar-refractivity contribution >= 4 is 11.7 Å². The van der Waals surface area contributed by atoms with Gasteiger partial charge in [0.15, 0.2) is 0 Å². The van der Waals surface area contributed by atoms with Gasteiger partial charge >= 0.3 is 18.0 Å². The molecule has 1 aromatic rings. The van der Waals surface area contributed by atoms with Gasteiger partial charge < -0.3 is 14.2 Å². The number of carbonyl (C=O) groups is 1. The fourth-order valence-electron chi connectivity index (χ4n) is 1.43. The number of ether oxygens (including phenoxy) is 3. The molecule has 0 atom stereocenters. The number of pyridine rings is 1. The van der Waals surface area contributed by atoms with Gasteiger partial charge in [-0.3, -0.25) is 14.9 Å². The highest BCUT2D eigenvalue weighted by molar-refractivity contribution is 5.76. The van der Waals surface area contributed by atoms with Gasteiger partial charge in [-0.15, -0.1) is 13.2 Å². The molecule has 0 bridgehead atoms. The van der Waals surface area contributed by atoms with Crippen LogP contribution in [0.5, 0.6) is 11.6 Å². The molecule has 0 aliphatic carbocycles. The second-order valence-electron chi connectivity index (χ2n) is 3.52. The number of hydrogen-bond acceptors (Lipinski definition) is 7. The number of methoxy groups -OCH3 is 2. The van der Waals surface area contributed by atoms with Crippen LogP contribution >= 0.6 is 0 Å². The van der Waals surface area contributed by atoms with Crippen molar-refractivity contribution in [3.8, 4) is 11.6 Å². The Labute approximate surface area is 115 Å². The first kappa shape index (κ1) is 16.5. The summed E-state index contributed by atoms with van der Waals surface area (Å²) in [6.45, 7) is 0. The van der Waals surface area contributed by atoms with Crippen LogP contribution in [-0.4, -0.2) is 36.5 Å². The fraction of sp³-hybridized carbons (Fsp3) is 0.400. The molecule has 0 saturated heterocycles. The van der Waals surface area contributed by atoms with Crippen molar-refractivity contribution in [3.05, 3.63) is 21.9 Å². The largest absolute Gasteiger partial charge is 0.574 e. The Morgan fingerprint density at radius 3 is 2.48 bits per heavy atom. The molecule has 0 N–H and O–H groups in total. The Morgan fingerprint density at radius 2 is 2.05 bits per heavy atom. The fourth-order valence-corrected chi connectivity index (χ4v) is 1.43. The van der Waals surface area contributed by atoms with E-state index >= 15 is 0 Å². The maximum Gasteiger partial charge on any atom is 0.574 e. The van der Waals surface area contributed by atoms with E-state index in [9.17, 15) is 28.1 Å². The van der Waals surface area contributed by atoms with Gasteiger partial charge in [0.05, 0.1) is 31.8 Å². The summed E-state index contributed by atoms with van der Waals surface area (Å²) in [7, 11) is 2.04. The first-order valence-corrected chi connectivity index (χ1v) is 5.22. The highest BCUT2D eigenvalue weighted by Crippen LogP contribution is 2.37. The van der Waals surface area contributed by atoms with Crippen LogP contribution in [-0.2, 0) is 16.0 Å². The molecule has 0 amide bonds. The van der Waals surface area contributed by atoms with Gasteiger partial charge in [0.1, 0.15) is 5.56 Å². The van der Waals surface area contributed by atoms with Crippen LogP contribution in [0.3, 0.4) is 0 Å². The number of alkyl halides is 3. The number of nitro groups is 1. The van der Waals surface area contributed by atoms with E-state index in [0.29, 0.717) is 6.20 Å². The van der Waals surface area contributed by atoms with Crippen LogP contribution in [0.15, 0.2) is 6.20 Å². The number of aromatic nitrogens is 1. The van der Waals surface area contributed by atoms with E-state index in [0.717, 1.165) is 14.2 Å². The first-order valence-electron chi connectivity index (χ1n) is 5.22. The van der Waals surface area contributed by atoms with Gasteiger partial charge in [-0.2, -0.15) is 0 Å². The molecule has 0 spiro atoms. The zero-order chi connectivity index (χ0) is 16.2. The maximum atomic E-state index is 12.3. The average molecular weight is 310 g/mol. The summed E-state index contributed by atoms with van der Waals surface area (Å²) in [6.07, 6.45) is -5.26. The van der Waals surface area contributed by atoms with Gasteiger partial charge in [-0.1, -0.05) is 0 Å². The summed E-state index contributed by atoms with van der Waals surface area (Å²) >= 11 is 0. The van der Waals surface area contributed by atoms with E-state index in [1.807, 2.05) is 0 Å². The number of carbonyl (C=O) groups excluding carboxylic acids is 1. The molecule has 1 heterocycles. The van der Waals surface area contributed by atoms with Gasteiger partial charge in [0.2, 0.25) is 11.6 Å². The number of halogens is 3. The van der Waals surface area contributed by atoms with Gasteiger partial charge in [0.25, 0.3) is 0 Å². The average Bonchev–Trinajstić information content (AvgIpc) is 2.38. The van der Waals surface area contributed by atoms with Crippen LogP contribution in [0, 0.1) is 10.1 Å². The van der Waals surface area contributed by atoms with Gasteiger partial charge in [-0.05, 0) is 0 Å². The second-order valence-corrected chi connectivity index (χ2v) is 3.52. The minimum absolute atomic E-state index is 0.409. The summed E-state index contributed by atoms with van der Waals surface area (Å²) in [6, 6.07) is 0. The van der Waals surface area contributed by atoms with Crippen molar-refractivity contribution in [2.45, 2.75) is 12.8 Å². The molecule has 0 aromatic carbocycles. The van der Waals surface area contributed by atoms with Crippen LogP contribution < -0.4 is 9.47 Å². The quantitative estimate of drug-likeness (QED) is 0.462. The summed E-state index contributed by atoms with van der Waals surface area (Å²) in [4.78, 5) is 24.5. The molecule has 116 valence electrons. The first-order chi connectivity index (χ1) is 9.69. The molecular formula is C10H9F3N2O6. The molecule has 8 nitrogen and oxygen atoms in total. The van der Waals surface area contributed by atoms with Crippen molar-refractivity contribution < 1.29 is 37.1 Å². The van der Waals surface area contributed by atoms with Crippen molar-refractivity contribution in [1.29, 1.82) is 0 Å². The Morgan fingerprint density at radius 1 is 1.43 bits per heavy atom. The van der Waals surface area contributed by atoms with Gasteiger partial charge in [-0.25, -0.2) is 4.98 Å². The SMILES string of the molecule is COC(=O)Cc1c(OC(F)(F)F)ncc(OC)c1[N+](=O)[O-]. The third-order valence-electron chi connectivity index (χ3n) is 2.24. The maximum absolute atomic E-state index is 12.3. The summed E-state index contributed by atoms with van der Waals surface area (Å²) in [5.74, 6) is -2.52. The monoisotopic (exact) mass is 310 g/mol. The van der Waals surface area contributed by atoms with Crippen LogP contribution in [0.4, 0.5) is 18.9 Å². The normalized spacial score (nSPS) is 10.9. The Balaban J connectivity index is 3.46.